The highest BCUT2D eigenvalue weighted by Crippen LogP contribution is 2.18. The summed E-state index contributed by atoms with van der Waals surface area (Å²) in [5.41, 5.74) is 3.09. The molecule has 2 N–H and O–H groups in total. The number of aryl methyl sites for hydroxylation is 1. The Kier molecular flexibility index (Phi) is 7.43. The van der Waals surface area contributed by atoms with E-state index in [1.807, 2.05) is 56.3 Å². The molecule has 0 aliphatic carbocycles. The molecular weight excluding hydrogens is 378 g/mol. The van der Waals surface area contributed by atoms with E-state index in [4.69, 9.17) is 4.52 Å². The van der Waals surface area contributed by atoms with Gasteiger partial charge in [-0.25, -0.2) is 4.79 Å². The molecule has 2 amide bonds. The van der Waals surface area contributed by atoms with Gasteiger partial charge in [0.25, 0.3) is 0 Å². The number of hydrogen-bond donors (Lipinski definition) is 2. The largest absolute Gasteiger partial charge is 0.370 e. The molecule has 0 spiro atoms. The van der Waals surface area contributed by atoms with Gasteiger partial charge >= 0.3 is 6.03 Å². The zero-order valence-corrected chi connectivity index (χ0v) is 17.8. The molecule has 1 heterocycles. The Labute approximate surface area is 177 Å². The van der Waals surface area contributed by atoms with Crippen molar-refractivity contribution in [1.29, 1.82) is 0 Å². The number of benzene rings is 2. The van der Waals surface area contributed by atoms with Crippen LogP contribution in [0.1, 0.15) is 43.5 Å². The van der Waals surface area contributed by atoms with Gasteiger partial charge in [0.15, 0.2) is 5.82 Å². The molecule has 158 valence electrons. The lowest BCUT2D eigenvalue weighted by Crippen LogP contribution is -2.29. The summed E-state index contributed by atoms with van der Waals surface area (Å²) in [6, 6.07) is 17.9. The van der Waals surface area contributed by atoms with E-state index in [1.54, 1.807) is 0 Å². The molecule has 0 aliphatic rings. The topological polar surface area (TPSA) is 83.3 Å². The van der Waals surface area contributed by atoms with E-state index in [0.717, 1.165) is 24.3 Å². The van der Waals surface area contributed by atoms with Crippen LogP contribution in [-0.2, 0) is 13.0 Å². The number of hydrogen-bond acceptors (Lipinski definition) is 5. The lowest BCUT2D eigenvalue weighted by molar-refractivity contribution is 0.252. The average Bonchev–Trinajstić information content (AvgIpc) is 3.22. The van der Waals surface area contributed by atoms with Crippen LogP contribution in [0.5, 0.6) is 0 Å². The first-order valence-electron chi connectivity index (χ1n) is 10.2. The Bertz CT molecular complexity index is 922. The molecule has 0 unspecified atom stereocenters. The van der Waals surface area contributed by atoms with E-state index in [2.05, 4.69) is 44.9 Å². The summed E-state index contributed by atoms with van der Waals surface area (Å²) in [5.74, 6) is 1.57. The Morgan fingerprint density at radius 2 is 1.83 bits per heavy atom. The summed E-state index contributed by atoms with van der Waals surface area (Å²) in [6.45, 7) is 5.40. The second kappa shape index (κ2) is 10.4. The zero-order valence-electron chi connectivity index (χ0n) is 17.8. The molecule has 0 aliphatic heterocycles. The van der Waals surface area contributed by atoms with E-state index in [0.29, 0.717) is 24.7 Å². The first-order chi connectivity index (χ1) is 14.5. The van der Waals surface area contributed by atoms with Crippen molar-refractivity contribution >= 4 is 17.4 Å². The monoisotopic (exact) mass is 407 g/mol. The van der Waals surface area contributed by atoms with E-state index in [-0.39, 0.29) is 11.9 Å². The Morgan fingerprint density at radius 1 is 1.10 bits per heavy atom. The van der Waals surface area contributed by atoms with E-state index in [1.165, 1.54) is 5.56 Å². The summed E-state index contributed by atoms with van der Waals surface area (Å²) < 4.78 is 5.20. The summed E-state index contributed by atoms with van der Waals surface area (Å²) in [6.07, 6.45) is 1.37. The molecule has 0 bridgehead atoms. The van der Waals surface area contributed by atoms with Crippen LogP contribution in [0.15, 0.2) is 59.1 Å². The molecule has 7 heteroatoms. The van der Waals surface area contributed by atoms with Crippen LogP contribution in [0.25, 0.3) is 0 Å². The van der Waals surface area contributed by atoms with Gasteiger partial charge in [-0.15, -0.1) is 0 Å². The molecule has 3 aromatic rings. The van der Waals surface area contributed by atoms with E-state index in [9.17, 15) is 4.79 Å². The van der Waals surface area contributed by atoms with Crippen molar-refractivity contribution in [2.45, 2.75) is 39.2 Å². The molecule has 7 nitrogen and oxygen atoms in total. The van der Waals surface area contributed by atoms with Crippen molar-refractivity contribution in [2.24, 2.45) is 0 Å². The van der Waals surface area contributed by atoms with Gasteiger partial charge in [0, 0.05) is 43.9 Å². The lowest BCUT2D eigenvalue weighted by Gasteiger charge is -2.20. The number of carbonyl (C=O) groups is 1. The minimum Gasteiger partial charge on any atom is -0.370 e. The smallest absolute Gasteiger partial charge is 0.319 e. The highest BCUT2D eigenvalue weighted by Gasteiger charge is 2.09. The Hall–Kier alpha value is -3.35. The normalized spacial score (nSPS) is 10.8. The van der Waals surface area contributed by atoms with E-state index >= 15 is 0 Å². The lowest BCUT2D eigenvalue weighted by atomic mass is 10.2. The predicted molar refractivity (Wildman–Crippen MR) is 119 cm³/mol. The molecule has 0 atom stereocenters. The molecule has 1 aromatic heterocycles. The Balaban J connectivity index is 1.39. The Morgan fingerprint density at radius 3 is 2.50 bits per heavy atom. The van der Waals surface area contributed by atoms with Crippen LogP contribution in [0, 0.1) is 0 Å². The minimum absolute atomic E-state index is 0.228. The van der Waals surface area contributed by atoms with Crippen molar-refractivity contribution < 1.29 is 9.32 Å². The van der Waals surface area contributed by atoms with Gasteiger partial charge in [0.05, 0.1) is 0 Å². The zero-order chi connectivity index (χ0) is 21.3. The summed E-state index contributed by atoms with van der Waals surface area (Å²) in [7, 11) is 2.05. The maximum Gasteiger partial charge on any atom is 0.319 e. The van der Waals surface area contributed by atoms with Crippen LogP contribution < -0.4 is 15.5 Å². The van der Waals surface area contributed by atoms with E-state index < -0.39 is 0 Å². The molecule has 2 aromatic carbocycles. The minimum atomic E-state index is -0.228. The number of urea groups is 1. The SMILES string of the molecule is CC(C)c1noc(CCCNC(=O)Nc2ccc(N(C)Cc3ccccc3)cc2)n1. The molecule has 30 heavy (non-hydrogen) atoms. The van der Waals surface area contributed by atoms with Gasteiger partial charge in [0.2, 0.25) is 5.89 Å². The molecular formula is C23H29N5O2. The van der Waals surface area contributed by atoms with Crippen LogP contribution >= 0.6 is 0 Å². The third-order valence-corrected chi connectivity index (χ3v) is 4.68. The standard InChI is InChI=1S/C23H29N5O2/c1-17(2)22-26-21(30-27-22)10-7-15-24-23(29)25-19-11-13-20(14-12-19)28(3)16-18-8-5-4-6-9-18/h4-6,8-9,11-14,17H,7,10,15-16H2,1-3H3,(H2,24,25,29). The fraction of sp³-hybridized carbons (Fsp3) is 0.348. The second-order valence-electron chi connectivity index (χ2n) is 7.57. The summed E-state index contributed by atoms with van der Waals surface area (Å²) >= 11 is 0. The molecule has 0 fully saturated rings. The maximum absolute atomic E-state index is 12.1. The fourth-order valence-corrected chi connectivity index (χ4v) is 2.97. The number of nitrogens with zero attached hydrogens (tertiary/aromatic N) is 3. The molecule has 0 saturated carbocycles. The summed E-state index contributed by atoms with van der Waals surface area (Å²) in [5, 5.41) is 9.65. The van der Waals surface area contributed by atoms with Gasteiger partial charge in [-0.3, -0.25) is 0 Å². The van der Waals surface area contributed by atoms with Gasteiger partial charge in [-0.1, -0.05) is 49.3 Å². The molecule has 3 rings (SSSR count). The highest BCUT2D eigenvalue weighted by molar-refractivity contribution is 5.89. The average molecular weight is 408 g/mol. The number of rotatable bonds is 9. The van der Waals surface area contributed by atoms with Crippen molar-refractivity contribution in [3.05, 3.63) is 71.9 Å². The number of aromatic nitrogens is 2. The van der Waals surface area contributed by atoms with Crippen LogP contribution in [0.4, 0.5) is 16.2 Å². The number of nitrogens with one attached hydrogen (secondary N) is 2. The van der Waals surface area contributed by atoms with Crippen LogP contribution in [0.3, 0.4) is 0 Å². The first kappa shape index (κ1) is 21.4. The third-order valence-electron chi connectivity index (χ3n) is 4.68. The second-order valence-corrected chi connectivity index (χ2v) is 7.57. The van der Waals surface area contributed by atoms with Crippen molar-refractivity contribution in [3.8, 4) is 0 Å². The fourth-order valence-electron chi connectivity index (χ4n) is 2.97. The predicted octanol–water partition coefficient (Wildman–Crippen LogP) is 4.58. The molecule has 0 saturated heterocycles. The number of amides is 2. The highest BCUT2D eigenvalue weighted by atomic mass is 16.5. The maximum atomic E-state index is 12.1. The summed E-state index contributed by atoms with van der Waals surface area (Å²) in [4.78, 5) is 18.6. The van der Waals surface area contributed by atoms with Gasteiger partial charge in [0.1, 0.15) is 0 Å². The van der Waals surface area contributed by atoms with Gasteiger partial charge < -0.3 is 20.1 Å². The molecule has 0 radical (unpaired) electrons. The van der Waals surface area contributed by atoms with Gasteiger partial charge in [-0.2, -0.15) is 4.98 Å². The number of anilines is 2. The van der Waals surface area contributed by atoms with Crippen molar-refractivity contribution in [3.63, 3.8) is 0 Å². The van der Waals surface area contributed by atoms with Gasteiger partial charge in [-0.05, 0) is 36.2 Å². The van der Waals surface area contributed by atoms with Crippen molar-refractivity contribution in [1.82, 2.24) is 15.5 Å². The van der Waals surface area contributed by atoms with Crippen molar-refractivity contribution in [2.75, 3.05) is 23.8 Å². The van der Waals surface area contributed by atoms with Crippen LogP contribution in [0.2, 0.25) is 0 Å². The third kappa shape index (κ3) is 6.34. The first-order valence-corrected chi connectivity index (χ1v) is 10.2. The number of carbonyl (C=O) groups excluding carboxylic acids is 1. The van der Waals surface area contributed by atoms with Crippen LogP contribution in [-0.4, -0.2) is 29.8 Å². The quantitative estimate of drug-likeness (QED) is 0.507.